The number of halogens is 1. The summed E-state index contributed by atoms with van der Waals surface area (Å²) in [6.07, 6.45) is 1.63. The maximum absolute atomic E-state index is 11.1. The van der Waals surface area contributed by atoms with Crippen molar-refractivity contribution in [2.24, 2.45) is 5.10 Å². The molecule has 116 valence electrons. The summed E-state index contributed by atoms with van der Waals surface area (Å²) >= 11 is 4.84. The van der Waals surface area contributed by atoms with E-state index in [1.807, 2.05) is 12.3 Å². The van der Waals surface area contributed by atoms with E-state index in [-0.39, 0.29) is 0 Å². The van der Waals surface area contributed by atoms with E-state index < -0.39 is 5.97 Å². The lowest BCUT2D eigenvalue weighted by atomic mass is 10.2. The quantitative estimate of drug-likeness (QED) is 0.369. The highest BCUT2D eigenvalue weighted by Crippen LogP contribution is 2.36. The Kier molecular flexibility index (Phi) is 5.51. The van der Waals surface area contributed by atoms with Crippen molar-refractivity contribution in [3.63, 3.8) is 0 Å². The van der Waals surface area contributed by atoms with Crippen molar-refractivity contribution < 1.29 is 14.3 Å². The van der Waals surface area contributed by atoms with E-state index in [4.69, 9.17) is 9.47 Å². The number of nitrogens with one attached hydrogen (secondary N) is 1. The van der Waals surface area contributed by atoms with Gasteiger partial charge in [0.1, 0.15) is 0 Å². The smallest absolute Gasteiger partial charge is 0.308 e. The molecule has 1 heterocycles. The van der Waals surface area contributed by atoms with E-state index in [0.29, 0.717) is 16.0 Å². The van der Waals surface area contributed by atoms with Crippen molar-refractivity contribution in [2.75, 3.05) is 12.5 Å². The van der Waals surface area contributed by atoms with Gasteiger partial charge in [-0.25, -0.2) is 4.98 Å². The molecular formula is C14H14BrN3O3S. The standard InChI is InChI=1S/C14H14BrN3O3S/c1-8-7-22-14(17-8)18-16-6-10-4-11(15)13(21-9(2)19)12(5-10)20-3/h4-7H,1-3H3,(H,17,18). The first kappa shape index (κ1) is 16.4. The molecule has 22 heavy (non-hydrogen) atoms. The van der Waals surface area contributed by atoms with Gasteiger partial charge in [-0.2, -0.15) is 5.10 Å². The Morgan fingerprint density at radius 3 is 2.86 bits per heavy atom. The molecule has 1 N–H and O–H groups in total. The predicted molar refractivity (Wildman–Crippen MR) is 90.1 cm³/mol. The Labute approximate surface area is 140 Å². The van der Waals surface area contributed by atoms with Crippen LogP contribution in [-0.2, 0) is 4.79 Å². The van der Waals surface area contributed by atoms with Gasteiger partial charge in [0.25, 0.3) is 0 Å². The largest absolute Gasteiger partial charge is 0.493 e. The lowest BCUT2D eigenvalue weighted by Gasteiger charge is -2.10. The number of hydrogen-bond donors (Lipinski definition) is 1. The van der Waals surface area contributed by atoms with Crippen LogP contribution in [0, 0.1) is 6.92 Å². The fourth-order valence-corrected chi connectivity index (χ4v) is 2.80. The summed E-state index contributed by atoms with van der Waals surface area (Å²) in [6.45, 7) is 3.25. The minimum atomic E-state index is -0.416. The van der Waals surface area contributed by atoms with Gasteiger partial charge in [-0.1, -0.05) is 0 Å². The summed E-state index contributed by atoms with van der Waals surface area (Å²) < 4.78 is 11.0. The van der Waals surface area contributed by atoms with Gasteiger partial charge in [0.15, 0.2) is 11.5 Å². The third-order valence-corrected chi connectivity index (χ3v) is 3.94. The number of ether oxygens (including phenoxy) is 2. The Morgan fingerprint density at radius 1 is 1.50 bits per heavy atom. The molecule has 0 aliphatic rings. The topological polar surface area (TPSA) is 72.8 Å². The van der Waals surface area contributed by atoms with Gasteiger partial charge in [-0.05, 0) is 40.5 Å². The highest BCUT2D eigenvalue weighted by Gasteiger charge is 2.13. The van der Waals surface area contributed by atoms with Crippen LogP contribution < -0.4 is 14.9 Å². The molecule has 0 spiro atoms. The van der Waals surface area contributed by atoms with Gasteiger partial charge in [0, 0.05) is 12.3 Å². The van der Waals surface area contributed by atoms with Crippen LogP contribution in [0.4, 0.5) is 5.13 Å². The summed E-state index contributed by atoms with van der Waals surface area (Å²) in [7, 11) is 1.51. The molecule has 1 aromatic heterocycles. The predicted octanol–water partition coefficient (Wildman–Crippen LogP) is 3.59. The van der Waals surface area contributed by atoms with Crippen LogP contribution in [0.1, 0.15) is 18.2 Å². The monoisotopic (exact) mass is 383 g/mol. The van der Waals surface area contributed by atoms with Crippen LogP contribution in [0.5, 0.6) is 11.5 Å². The Morgan fingerprint density at radius 2 is 2.27 bits per heavy atom. The number of aryl methyl sites for hydroxylation is 1. The zero-order valence-electron chi connectivity index (χ0n) is 12.2. The van der Waals surface area contributed by atoms with Crippen molar-refractivity contribution in [1.82, 2.24) is 4.98 Å². The van der Waals surface area contributed by atoms with Crippen LogP contribution in [0.15, 0.2) is 27.1 Å². The van der Waals surface area contributed by atoms with Crippen LogP contribution in [0.25, 0.3) is 0 Å². The minimum absolute atomic E-state index is 0.343. The molecule has 2 aromatic rings. The van der Waals surface area contributed by atoms with E-state index >= 15 is 0 Å². The molecule has 1 aromatic carbocycles. The number of benzene rings is 1. The average Bonchev–Trinajstić information content (AvgIpc) is 2.86. The average molecular weight is 384 g/mol. The lowest BCUT2D eigenvalue weighted by Crippen LogP contribution is -2.04. The van der Waals surface area contributed by atoms with Gasteiger partial charge in [-0.15, -0.1) is 11.3 Å². The van der Waals surface area contributed by atoms with Crippen molar-refractivity contribution in [2.45, 2.75) is 13.8 Å². The fraction of sp³-hybridized carbons (Fsp3) is 0.214. The number of hydrogen-bond acceptors (Lipinski definition) is 7. The number of thiazole rings is 1. The molecule has 0 atom stereocenters. The molecule has 0 saturated carbocycles. The first-order valence-corrected chi connectivity index (χ1v) is 7.94. The van der Waals surface area contributed by atoms with Crippen LogP contribution in [-0.4, -0.2) is 24.3 Å². The third-order valence-electron chi connectivity index (χ3n) is 2.49. The molecule has 0 fully saturated rings. The number of methoxy groups -OCH3 is 1. The minimum Gasteiger partial charge on any atom is -0.493 e. The zero-order chi connectivity index (χ0) is 16.1. The second-order valence-corrected chi connectivity index (χ2v) is 6.00. The van der Waals surface area contributed by atoms with Crippen LogP contribution in [0.3, 0.4) is 0 Å². The number of carbonyl (C=O) groups excluding carboxylic acids is 1. The number of rotatable bonds is 5. The Hall–Kier alpha value is -1.93. The Balaban J connectivity index is 2.17. The van der Waals surface area contributed by atoms with Gasteiger partial charge in [0.05, 0.1) is 23.5 Å². The summed E-state index contributed by atoms with van der Waals surface area (Å²) in [5.74, 6) is 0.369. The van der Waals surface area contributed by atoms with Crippen LogP contribution in [0.2, 0.25) is 0 Å². The highest BCUT2D eigenvalue weighted by molar-refractivity contribution is 9.10. The summed E-state index contributed by atoms with van der Waals surface area (Å²) in [5.41, 5.74) is 4.57. The summed E-state index contributed by atoms with van der Waals surface area (Å²) in [4.78, 5) is 15.4. The maximum Gasteiger partial charge on any atom is 0.308 e. The van der Waals surface area contributed by atoms with E-state index in [2.05, 4.69) is 31.4 Å². The van der Waals surface area contributed by atoms with Crippen molar-refractivity contribution in [1.29, 1.82) is 0 Å². The van der Waals surface area contributed by atoms with Gasteiger partial charge >= 0.3 is 5.97 Å². The normalized spacial score (nSPS) is 10.7. The number of aromatic nitrogens is 1. The second kappa shape index (κ2) is 7.37. The molecule has 0 saturated heterocycles. The van der Waals surface area contributed by atoms with Crippen LogP contribution >= 0.6 is 27.3 Å². The molecular weight excluding hydrogens is 370 g/mol. The van der Waals surface area contributed by atoms with Gasteiger partial charge in [-0.3, -0.25) is 10.2 Å². The van der Waals surface area contributed by atoms with E-state index in [0.717, 1.165) is 16.4 Å². The third kappa shape index (κ3) is 4.28. The fourth-order valence-electron chi connectivity index (χ4n) is 1.62. The second-order valence-electron chi connectivity index (χ2n) is 4.29. The number of esters is 1. The lowest BCUT2D eigenvalue weighted by molar-refractivity contribution is -0.132. The molecule has 0 amide bonds. The molecule has 0 aliphatic carbocycles. The maximum atomic E-state index is 11.1. The molecule has 0 radical (unpaired) electrons. The molecule has 6 nitrogen and oxygen atoms in total. The first-order valence-electron chi connectivity index (χ1n) is 6.26. The van der Waals surface area contributed by atoms with Gasteiger partial charge < -0.3 is 9.47 Å². The van der Waals surface area contributed by atoms with Crippen molar-refractivity contribution in [3.05, 3.63) is 33.2 Å². The first-order chi connectivity index (χ1) is 10.5. The van der Waals surface area contributed by atoms with Gasteiger partial charge in [0.2, 0.25) is 5.13 Å². The molecule has 0 bridgehead atoms. The molecule has 2 rings (SSSR count). The van der Waals surface area contributed by atoms with Crippen molar-refractivity contribution in [3.8, 4) is 11.5 Å². The van der Waals surface area contributed by atoms with Crippen molar-refractivity contribution >= 4 is 44.6 Å². The SMILES string of the molecule is COc1cc(C=NNc2nc(C)cs2)cc(Br)c1OC(C)=O. The molecule has 0 unspecified atom stereocenters. The summed E-state index contributed by atoms with van der Waals surface area (Å²) in [5, 5.41) is 6.78. The summed E-state index contributed by atoms with van der Waals surface area (Å²) in [6, 6.07) is 3.50. The molecule has 8 heteroatoms. The number of hydrazone groups is 1. The zero-order valence-corrected chi connectivity index (χ0v) is 14.6. The highest BCUT2D eigenvalue weighted by atomic mass is 79.9. The number of anilines is 1. The van der Waals surface area contributed by atoms with E-state index in [9.17, 15) is 4.79 Å². The number of carbonyl (C=O) groups is 1. The van der Waals surface area contributed by atoms with E-state index in [1.165, 1.54) is 25.4 Å². The number of nitrogens with zero attached hydrogens (tertiary/aromatic N) is 2. The van der Waals surface area contributed by atoms with E-state index in [1.54, 1.807) is 18.3 Å². The molecule has 0 aliphatic heterocycles. The Bertz CT molecular complexity index is 715.